The lowest BCUT2D eigenvalue weighted by atomic mass is 10.0. The van der Waals surface area contributed by atoms with Crippen molar-refractivity contribution in [3.63, 3.8) is 0 Å². The average molecular weight is 636 g/mol. The minimum Gasteiger partial charge on any atom is -0.493 e. The molecule has 1 aliphatic heterocycles. The quantitative estimate of drug-likeness (QED) is 0.234. The number of hydrogen-bond acceptors (Lipinski definition) is 8. The standard InChI is InChI=1S/C29H28Cl2N2O8S/c1-39-25-13-11-19(16-26(25)40-2)42(37,38)33(17-27(34)32-14-6-9-24(32)29(36)41-3)23-12-10-18(30)15-21(23)28(35)20-7-4-5-8-22(20)31/h4-5,7-8,10-13,15-16,24H,6,9,14,17H2,1-3H3/t24-/m1/s1. The van der Waals surface area contributed by atoms with Gasteiger partial charge < -0.3 is 19.1 Å². The summed E-state index contributed by atoms with van der Waals surface area (Å²) in [5.41, 5.74) is -0.0950. The molecule has 0 unspecified atom stereocenters. The van der Waals surface area contributed by atoms with Crippen molar-refractivity contribution in [1.82, 2.24) is 4.90 Å². The SMILES string of the molecule is COC(=O)[C@H]1CCCN1C(=O)CN(c1ccc(Cl)cc1C(=O)c1ccccc1Cl)S(=O)(=O)c1ccc(OC)c(OC)c1. The van der Waals surface area contributed by atoms with E-state index in [1.807, 2.05) is 0 Å². The first-order valence-corrected chi connectivity index (χ1v) is 14.9. The predicted octanol–water partition coefficient (Wildman–Crippen LogP) is 4.60. The van der Waals surface area contributed by atoms with Crippen molar-refractivity contribution in [3.05, 3.63) is 81.8 Å². The molecule has 1 fully saturated rings. The van der Waals surface area contributed by atoms with E-state index in [-0.39, 0.29) is 49.8 Å². The van der Waals surface area contributed by atoms with E-state index in [1.54, 1.807) is 12.1 Å². The van der Waals surface area contributed by atoms with Gasteiger partial charge in [0, 0.05) is 28.8 Å². The molecule has 3 aromatic carbocycles. The number of carbonyl (C=O) groups is 3. The number of halogens is 2. The number of benzene rings is 3. The van der Waals surface area contributed by atoms with E-state index < -0.39 is 40.3 Å². The van der Waals surface area contributed by atoms with Crippen molar-refractivity contribution in [1.29, 1.82) is 0 Å². The van der Waals surface area contributed by atoms with Crippen molar-refractivity contribution in [2.24, 2.45) is 0 Å². The van der Waals surface area contributed by atoms with E-state index in [0.717, 1.165) is 4.31 Å². The molecule has 0 spiro atoms. The summed E-state index contributed by atoms with van der Waals surface area (Å²) in [6.45, 7) is -0.497. The molecule has 1 heterocycles. The van der Waals surface area contributed by atoms with Crippen LogP contribution in [-0.2, 0) is 24.3 Å². The van der Waals surface area contributed by atoms with Crippen molar-refractivity contribution >= 4 is 56.6 Å². The summed E-state index contributed by atoms with van der Waals surface area (Å²) in [5, 5.41) is 0.311. The highest BCUT2D eigenvalue weighted by molar-refractivity contribution is 7.92. The third-order valence-corrected chi connectivity index (χ3v) is 9.18. The number of likely N-dealkylation sites (tertiary alicyclic amines) is 1. The van der Waals surface area contributed by atoms with E-state index in [4.69, 9.17) is 37.4 Å². The molecular weight excluding hydrogens is 607 g/mol. The van der Waals surface area contributed by atoms with Crippen LogP contribution in [0.2, 0.25) is 10.0 Å². The van der Waals surface area contributed by atoms with Crippen molar-refractivity contribution in [2.45, 2.75) is 23.8 Å². The van der Waals surface area contributed by atoms with Crippen molar-refractivity contribution in [2.75, 3.05) is 38.7 Å². The first-order valence-electron chi connectivity index (χ1n) is 12.7. The van der Waals surface area contributed by atoms with Gasteiger partial charge in [0.25, 0.3) is 10.0 Å². The highest BCUT2D eigenvalue weighted by Crippen LogP contribution is 2.36. The monoisotopic (exact) mass is 634 g/mol. The van der Waals surface area contributed by atoms with Crippen LogP contribution in [-0.4, -0.2) is 71.4 Å². The fourth-order valence-electron chi connectivity index (χ4n) is 4.76. The average Bonchev–Trinajstić information content (AvgIpc) is 3.49. The lowest BCUT2D eigenvalue weighted by Crippen LogP contribution is -2.47. The maximum Gasteiger partial charge on any atom is 0.328 e. The number of methoxy groups -OCH3 is 3. The third-order valence-electron chi connectivity index (χ3n) is 6.86. The summed E-state index contributed by atoms with van der Waals surface area (Å²) in [5.74, 6) is -1.43. The third kappa shape index (κ3) is 6.18. The Balaban J connectivity index is 1.88. The van der Waals surface area contributed by atoms with E-state index >= 15 is 0 Å². The van der Waals surface area contributed by atoms with Gasteiger partial charge in [0.05, 0.1) is 36.9 Å². The minimum atomic E-state index is -4.53. The van der Waals surface area contributed by atoms with E-state index in [9.17, 15) is 22.8 Å². The number of nitrogens with zero attached hydrogens (tertiary/aromatic N) is 2. The summed E-state index contributed by atoms with van der Waals surface area (Å²) >= 11 is 12.6. The number of anilines is 1. The highest BCUT2D eigenvalue weighted by atomic mass is 35.5. The van der Waals surface area contributed by atoms with Gasteiger partial charge in [-0.1, -0.05) is 35.3 Å². The van der Waals surface area contributed by atoms with Crippen LogP contribution in [0.25, 0.3) is 0 Å². The summed E-state index contributed by atoms with van der Waals surface area (Å²) in [6.07, 6.45) is 0.906. The molecule has 0 radical (unpaired) electrons. The molecule has 0 aromatic heterocycles. The Labute approximate surface area is 253 Å². The summed E-state index contributed by atoms with van der Waals surface area (Å²) in [7, 11) is -0.551. The van der Waals surface area contributed by atoms with Gasteiger partial charge in [-0.15, -0.1) is 0 Å². The summed E-state index contributed by atoms with van der Waals surface area (Å²) in [4.78, 5) is 40.8. The second-order valence-electron chi connectivity index (χ2n) is 9.27. The Morgan fingerprint density at radius 2 is 1.64 bits per heavy atom. The molecule has 1 saturated heterocycles. The van der Waals surface area contributed by atoms with Gasteiger partial charge >= 0.3 is 5.97 Å². The first kappa shape index (κ1) is 31.1. The Morgan fingerprint density at radius 1 is 0.929 bits per heavy atom. The molecule has 1 aliphatic rings. The molecule has 4 rings (SSSR count). The Hall–Kier alpha value is -3.80. The Morgan fingerprint density at radius 3 is 2.31 bits per heavy atom. The zero-order chi connectivity index (χ0) is 30.6. The van der Waals surface area contributed by atoms with Gasteiger partial charge in [0.15, 0.2) is 17.3 Å². The summed E-state index contributed by atoms with van der Waals surface area (Å²) in [6, 6.07) is 13.5. The van der Waals surface area contributed by atoms with Crippen molar-refractivity contribution in [3.8, 4) is 11.5 Å². The second kappa shape index (κ2) is 13.0. The van der Waals surface area contributed by atoms with E-state index in [2.05, 4.69) is 0 Å². The number of amides is 1. The van der Waals surface area contributed by atoms with Crippen LogP contribution in [0, 0.1) is 0 Å². The fraction of sp³-hybridized carbons (Fsp3) is 0.276. The molecule has 42 heavy (non-hydrogen) atoms. The smallest absolute Gasteiger partial charge is 0.328 e. The molecule has 1 amide bonds. The fourth-order valence-corrected chi connectivity index (χ4v) is 6.60. The van der Waals surface area contributed by atoms with Crippen LogP contribution in [0.1, 0.15) is 28.8 Å². The molecule has 0 saturated carbocycles. The van der Waals surface area contributed by atoms with Gasteiger partial charge in [0.2, 0.25) is 5.91 Å². The maximum absolute atomic E-state index is 14.3. The summed E-state index contributed by atoms with van der Waals surface area (Å²) < 4.78 is 44.8. The molecule has 3 aromatic rings. The van der Waals surface area contributed by atoms with Crippen LogP contribution in [0.5, 0.6) is 11.5 Å². The number of carbonyl (C=O) groups excluding carboxylic acids is 3. The van der Waals surface area contributed by atoms with Gasteiger partial charge in [-0.3, -0.25) is 13.9 Å². The van der Waals surface area contributed by atoms with Gasteiger partial charge in [0.1, 0.15) is 12.6 Å². The van der Waals surface area contributed by atoms with Crippen LogP contribution < -0.4 is 13.8 Å². The number of esters is 1. The van der Waals surface area contributed by atoms with Gasteiger partial charge in [-0.05, 0) is 55.3 Å². The zero-order valence-corrected chi connectivity index (χ0v) is 25.3. The van der Waals surface area contributed by atoms with Crippen LogP contribution in [0.3, 0.4) is 0 Å². The van der Waals surface area contributed by atoms with Crippen LogP contribution in [0.15, 0.2) is 65.6 Å². The lowest BCUT2D eigenvalue weighted by Gasteiger charge is -2.30. The zero-order valence-electron chi connectivity index (χ0n) is 23.0. The molecule has 1 atom stereocenters. The predicted molar refractivity (Wildman–Crippen MR) is 157 cm³/mol. The first-order chi connectivity index (χ1) is 20.0. The number of ether oxygens (including phenoxy) is 3. The largest absolute Gasteiger partial charge is 0.493 e. The lowest BCUT2D eigenvalue weighted by molar-refractivity contribution is -0.150. The highest BCUT2D eigenvalue weighted by Gasteiger charge is 2.38. The second-order valence-corrected chi connectivity index (χ2v) is 12.0. The molecule has 0 bridgehead atoms. The number of hydrogen-bond donors (Lipinski definition) is 0. The molecule has 10 nitrogen and oxygen atoms in total. The normalized spacial score (nSPS) is 14.8. The number of sulfonamides is 1. The maximum atomic E-state index is 14.3. The number of rotatable bonds is 10. The molecular formula is C29H28Cl2N2O8S. The van der Waals surface area contributed by atoms with Crippen LogP contribution >= 0.6 is 23.2 Å². The minimum absolute atomic E-state index is 0.0987. The Kier molecular flexibility index (Phi) is 9.65. The van der Waals surface area contributed by atoms with E-state index in [1.165, 1.54) is 74.8 Å². The van der Waals surface area contributed by atoms with Gasteiger partial charge in [-0.2, -0.15) is 0 Å². The molecule has 13 heteroatoms. The van der Waals surface area contributed by atoms with E-state index in [0.29, 0.717) is 12.8 Å². The van der Waals surface area contributed by atoms with Gasteiger partial charge in [-0.25, -0.2) is 13.2 Å². The molecule has 0 aliphatic carbocycles. The number of ketones is 1. The molecule has 0 N–H and O–H groups in total. The Bertz CT molecular complexity index is 1630. The van der Waals surface area contributed by atoms with Crippen molar-refractivity contribution < 1.29 is 37.0 Å². The van der Waals surface area contributed by atoms with Crippen LogP contribution in [0.4, 0.5) is 5.69 Å². The topological polar surface area (TPSA) is 120 Å². The molecule has 222 valence electrons.